The molecule has 2 heterocycles. The van der Waals surface area contributed by atoms with Crippen LogP contribution in [0, 0.1) is 5.92 Å². The van der Waals surface area contributed by atoms with E-state index in [-0.39, 0.29) is 11.7 Å². The van der Waals surface area contributed by atoms with Gasteiger partial charge in [-0.05, 0) is 37.8 Å². The summed E-state index contributed by atoms with van der Waals surface area (Å²) in [5.74, 6) is 1.56. The Kier molecular flexibility index (Phi) is 4.33. The molecule has 1 aromatic carbocycles. The van der Waals surface area contributed by atoms with Crippen molar-refractivity contribution in [2.24, 2.45) is 5.92 Å². The first-order valence-electron chi connectivity index (χ1n) is 8.05. The van der Waals surface area contributed by atoms with Crippen molar-refractivity contribution in [3.05, 3.63) is 47.7 Å². The molecule has 1 amide bonds. The van der Waals surface area contributed by atoms with E-state index >= 15 is 0 Å². The van der Waals surface area contributed by atoms with Crippen molar-refractivity contribution in [2.75, 3.05) is 13.1 Å². The molecule has 4 heteroatoms. The Hall–Kier alpha value is -2.36. The lowest BCUT2D eigenvalue weighted by Gasteiger charge is -2.30. The van der Waals surface area contributed by atoms with E-state index in [9.17, 15) is 9.59 Å². The van der Waals surface area contributed by atoms with Crippen LogP contribution in [-0.4, -0.2) is 29.7 Å². The SMILES string of the molecule is CC(=O)c1ccc(-c2ccc(C(=O)N3CCCC(C)C3)o2)cc1. The Morgan fingerprint density at radius 3 is 2.52 bits per heavy atom. The number of benzene rings is 1. The van der Waals surface area contributed by atoms with Crippen LogP contribution in [-0.2, 0) is 0 Å². The fourth-order valence-electron chi connectivity index (χ4n) is 3.01. The van der Waals surface area contributed by atoms with Gasteiger partial charge in [0.2, 0.25) is 0 Å². The van der Waals surface area contributed by atoms with Gasteiger partial charge in [-0.3, -0.25) is 9.59 Å². The average Bonchev–Trinajstić information content (AvgIpc) is 3.04. The van der Waals surface area contributed by atoms with Crippen LogP contribution < -0.4 is 0 Å². The molecule has 1 aromatic heterocycles. The molecular weight excluding hydrogens is 290 g/mol. The summed E-state index contributed by atoms with van der Waals surface area (Å²) in [5.41, 5.74) is 1.53. The highest BCUT2D eigenvalue weighted by atomic mass is 16.4. The molecule has 1 atom stereocenters. The molecule has 0 saturated carbocycles. The van der Waals surface area contributed by atoms with Crippen molar-refractivity contribution in [1.82, 2.24) is 4.90 Å². The number of nitrogens with zero attached hydrogens (tertiary/aromatic N) is 1. The van der Waals surface area contributed by atoms with Crippen LogP contribution >= 0.6 is 0 Å². The number of carbonyl (C=O) groups is 2. The normalized spacial score (nSPS) is 18.0. The summed E-state index contributed by atoms with van der Waals surface area (Å²) >= 11 is 0. The summed E-state index contributed by atoms with van der Waals surface area (Å²) < 4.78 is 5.74. The minimum Gasteiger partial charge on any atom is -0.451 e. The Morgan fingerprint density at radius 2 is 1.87 bits per heavy atom. The van der Waals surface area contributed by atoms with E-state index in [1.807, 2.05) is 23.1 Å². The molecule has 120 valence electrons. The summed E-state index contributed by atoms with van der Waals surface area (Å²) in [7, 11) is 0. The van der Waals surface area contributed by atoms with E-state index in [4.69, 9.17) is 4.42 Å². The monoisotopic (exact) mass is 311 g/mol. The van der Waals surface area contributed by atoms with Crippen molar-refractivity contribution in [3.63, 3.8) is 0 Å². The number of Topliss-reactive ketones (excluding diaryl/α,β-unsaturated/α-hetero) is 1. The van der Waals surface area contributed by atoms with Gasteiger partial charge in [-0.2, -0.15) is 0 Å². The third kappa shape index (κ3) is 3.36. The quantitative estimate of drug-likeness (QED) is 0.804. The fourth-order valence-corrected chi connectivity index (χ4v) is 3.01. The minimum atomic E-state index is -0.0387. The zero-order valence-electron chi connectivity index (χ0n) is 13.5. The number of furan rings is 1. The van der Waals surface area contributed by atoms with Crippen molar-refractivity contribution < 1.29 is 14.0 Å². The number of amides is 1. The van der Waals surface area contributed by atoms with Crippen LogP contribution in [0.15, 0.2) is 40.8 Å². The van der Waals surface area contributed by atoms with Crippen molar-refractivity contribution in [2.45, 2.75) is 26.7 Å². The summed E-state index contributed by atoms with van der Waals surface area (Å²) in [6.45, 7) is 5.30. The average molecular weight is 311 g/mol. The standard InChI is InChI=1S/C19H21NO3/c1-13-4-3-11-20(12-13)19(22)18-10-9-17(23-18)16-7-5-15(6-8-16)14(2)21/h5-10,13H,3-4,11-12H2,1-2H3. The molecule has 3 rings (SSSR count). The maximum Gasteiger partial charge on any atom is 0.289 e. The molecule has 0 radical (unpaired) electrons. The second-order valence-corrected chi connectivity index (χ2v) is 6.30. The molecule has 1 aliphatic heterocycles. The fraction of sp³-hybridized carbons (Fsp3) is 0.368. The zero-order valence-corrected chi connectivity index (χ0v) is 13.5. The van der Waals surface area contributed by atoms with Gasteiger partial charge in [-0.1, -0.05) is 31.2 Å². The molecule has 1 unspecified atom stereocenters. The van der Waals surface area contributed by atoms with Crippen LogP contribution in [0.1, 0.15) is 47.6 Å². The molecule has 0 bridgehead atoms. The van der Waals surface area contributed by atoms with Gasteiger partial charge >= 0.3 is 0 Å². The lowest BCUT2D eigenvalue weighted by atomic mass is 10.0. The van der Waals surface area contributed by atoms with Crippen LogP contribution in [0.4, 0.5) is 0 Å². The number of likely N-dealkylation sites (tertiary alicyclic amines) is 1. The zero-order chi connectivity index (χ0) is 16.4. The molecule has 1 saturated heterocycles. The Labute approximate surface area is 136 Å². The van der Waals surface area contributed by atoms with E-state index in [0.29, 0.717) is 23.0 Å². The van der Waals surface area contributed by atoms with Crippen LogP contribution in [0.25, 0.3) is 11.3 Å². The first kappa shape index (κ1) is 15.5. The Morgan fingerprint density at radius 1 is 1.13 bits per heavy atom. The van der Waals surface area contributed by atoms with Gasteiger partial charge in [0.25, 0.3) is 5.91 Å². The second-order valence-electron chi connectivity index (χ2n) is 6.30. The lowest BCUT2D eigenvalue weighted by Crippen LogP contribution is -2.38. The van der Waals surface area contributed by atoms with Crippen LogP contribution in [0.2, 0.25) is 0 Å². The number of piperidine rings is 1. The van der Waals surface area contributed by atoms with E-state index in [2.05, 4.69) is 6.92 Å². The molecule has 4 nitrogen and oxygen atoms in total. The molecule has 1 aliphatic rings. The van der Waals surface area contributed by atoms with Crippen LogP contribution in [0.3, 0.4) is 0 Å². The highest BCUT2D eigenvalue weighted by Crippen LogP contribution is 2.25. The molecule has 0 spiro atoms. The van der Waals surface area contributed by atoms with E-state index in [1.54, 1.807) is 18.2 Å². The topological polar surface area (TPSA) is 50.5 Å². The van der Waals surface area contributed by atoms with Gasteiger partial charge in [0.15, 0.2) is 11.5 Å². The Balaban J connectivity index is 1.77. The number of rotatable bonds is 3. The third-order valence-electron chi connectivity index (χ3n) is 4.34. The number of hydrogen-bond acceptors (Lipinski definition) is 3. The second kappa shape index (κ2) is 6.41. The lowest BCUT2D eigenvalue weighted by molar-refractivity contribution is 0.0651. The van der Waals surface area contributed by atoms with Crippen molar-refractivity contribution >= 4 is 11.7 Å². The van der Waals surface area contributed by atoms with Gasteiger partial charge in [0.1, 0.15) is 5.76 Å². The van der Waals surface area contributed by atoms with Gasteiger partial charge < -0.3 is 9.32 Å². The van der Waals surface area contributed by atoms with Crippen molar-refractivity contribution in [1.29, 1.82) is 0 Å². The molecule has 23 heavy (non-hydrogen) atoms. The van der Waals surface area contributed by atoms with Gasteiger partial charge in [0.05, 0.1) is 0 Å². The van der Waals surface area contributed by atoms with Crippen molar-refractivity contribution in [3.8, 4) is 11.3 Å². The predicted molar refractivity (Wildman–Crippen MR) is 88.5 cm³/mol. The molecule has 2 aromatic rings. The Bertz CT molecular complexity index is 714. The van der Waals surface area contributed by atoms with E-state index in [1.165, 1.54) is 13.3 Å². The summed E-state index contributed by atoms with van der Waals surface area (Å²) in [6.07, 6.45) is 2.22. The predicted octanol–water partition coefficient (Wildman–Crippen LogP) is 4.02. The highest BCUT2D eigenvalue weighted by molar-refractivity contribution is 5.94. The first-order chi connectivity index (χ1) is 11.0. The summed E-state index contributed by atoms with van der Waals surface area (Å²) in [4.78, 5) is 25.7. The number of ketones is 1. The summed E-state index contributed by atoms with van der Waals surface area (Å²) in [6, 6.07) is 10.8. The maximum absolute atomic E-state index is 12.5. The molecular formula is C19H21NO3. The molecule has 1 fully saturated rings. The highest BCUT2D eigenvalue weighted by Gasteiger charge is 2.24. The largest absolute Gasteiger partial charge is 0.451 e. The third-order valence-corrected chi connectivity index (χ3v) is 4.34. The number of carbonyl (C=O) groups excluding carboxylic acids is 2. The first-order valence-corrected chi connectivity index (χ1v) is 8.05. The maximum atomic E-state index is 12.5. The molecule has 0 N–H and O–H groups in total. The summed E-state index contributed by atoms with van der Waals surface area (Å²) in [5, 5.41) is 0. The molecule has 0 aliphatic carbocycles. The number of hydrogen-bond donors (Lipinski definition) is 0. The minimum absolute atomic E-state index is 0.0334. The van der Waals surface area contributed by atoms with E-state index in [0.717, 1.165) is 25.1 Å². The van der Waals surface area contributed by atoms with Gasteiger partial charge in [-0.15, -0.1) is 0 Å². The van der Waals surface area contributed by atoms with Gasteiger partial charge in [0, 0.05) is 24.2 Å². The van der Waals surface area contributed by atoms with Gasteiger partial charge in [-0.25, -0.2) is 0 Å². The smallest absolute Gasteiger partial charge is 0.289 e. The van der Waals surface area contributed by atoms with Crippen LogP contribution in [0.5, 0.6) is 0 Å². The van der Waals surface area contributed by atoms with E-state index < -0.39 is 0 Å².